The van der Waals surface area contributed by atoms with E-state index in [1.807, 2.05) is 48.5 Å². The van der Waals surface area contributed by atoms with Gasteiger partial charge in [-0.25, -0.2) is 0 Å². The Balaban J connectivity index is 1.67. The third-order valence-corrected chi connectivity index (χ3v) is 3.57. The molecule has 3 nitrogen and oxygen atoms in total. The molecular weight excluding hydrogens is 260 g/mol. The molecule has 0 bridgehead atoms. The zero-order chi connectivity index (χ0) is 15.1. The highest BCUT2D eigenvalue weighted by Crippen LogP contribution is 2.11. The number of Topliss-reactive ketones (excluding diaryl/α,β-unsaturated/α-hetero) is 1. The van der Waals surface area contributed by atoms with Crippen LogP contribution in [0.5, 0.6) is 0 Å². The second kappa shape index (κ2) is 7.48. The number of anilines is 2. The predicted molar refractivity (Wildman–Crippen MR) is 88.0 cm³/mol. The number of ketones is 1. The Labute approximate surface area is 126 Å². The molecule has 2 aromatic rings. The maximum atomic E-state index is 11.9. The molecule has 0 unspecified atom stereocenters. The SMILES string of the molecule is Nc1ccc(CCCC(=O)CCc2ccc(N)cc2)cc1. The van der Waals surface area contributed by atoms with Crippen molar-refractivity contribution < 1.29 is 4.79 Å². The molecule has 0 amide bonds. The molecule has 0 radical (unpaired) electrons. The predicted octanol–water partition coefficient (Wildman–Crippen LogP) is 3.38. The van der Waals surface area contributed by atoms with Gasteiger partial charge in [0.1, 0.15) is 5.78 Å². The number of aryl methyl sites for hydroxylation is 2. The molecule has 0 fully saturated rings. The molecule has 0 aromatic heterocycles. The van der Waals surface area contributed by atoms with Crippen LogP contribution in [0.2, 0.25) is 0 Å². The van der Waals surface area contributed by atoms with Crippen LogP contribution in [0.25, 0.3) is 0 Å². The summed E-state index contributed by atoms with van der Waals surface area (Å²) in [6.07, 6.45) is 3.85. The van der Waals surface area contributed by atoms with Crippen LogP contribution in [0.4, 0.5) is 11.4 Å². The minimum atomic E-state index is 0.322. The monoisotopic (exact) mass is 282 g/mol. The van der Waals surface area contributed by atoms with Crippen molar-refractivity contribution in [2.45, 2.75) is 32.1 Å². The Morgan fingerprint density at radius 1 is 0.714 bits per heavy atom. The Hall–Kier alpha value is -2.29. The lowest BCUT2D eigenvalue weighted by atomic mass is 10.0. The van der Waals surface area contributed by atoms with Crippen molar-refractivity contribution in [2.24, 2.45) is 0 Å². The van der Waals surface area contributed by atoms with Crippen LogP contribution in [0.15, 0.2) is 48.5 Å². The van der Waals surface area contributed by atoms with Crippen molar-refractivity contribution >= 4 is 17.2 Å². The van der Waals surface area contributed by atoms with Crippen LogP contribution in [-0.2, 0) is 17.6 Å². The Morgan fingerprint density at radius 3 is 1.71 bits per heavy atom. The molecule has 0 aliphatic carbocycles. The summed E-state index contributed by atoms with van der Waals surface area (Å²) in [6.45, 7) is 0. The third kappa shape index (κ3) is 5.30. The number of hydrogen-bond acceptors (Lipinski definition) is 3. The first kappa shape index (κ1) is 15.1. The lowest BCUT2D eigenvalue weighted by Crippen LogP contribution is -2.01. The van der Waals surface area contributed by atoms with Gasteiger partial charge in [0.05, 0.1) is 0 Å². The van der Waals surface area contributed by atoms with Crippen LogP contribution in [-0.4, -0.2) is 5.78 Å². The second-order valence-corrected chi connectivity index (χ2v) is 5.38. The standard InChI is InChI=1S/C18H22N2O/c19-16-9-4-14(5-10-16)2-1-3-18(21)13-8-15-6-11-17(20)12-7-15/h4-7,9-12H,1-3,8,13,19-20H2. The molecule has 0 saturated carbocycles. The summed E-state index contributed by atoms with van der Waals surface area (Å²) in [6, 6.07) is 15.6. The van der Waals surface area contributed by atoms with E-state index in [0.717, 1.165) is 36.2 Å². The third-order valence-electron chi connectivity index (χ3n) is 3.57. The van der Waals surface area contributed by atoms with E-state index < -0.39 is 0 Å². The van der Waals surface area contributed by atoms with Gasteiger partial charge in [-0.2, -0.15) is 0 Å². The van der Waals surface area contributed by atoms with Crippen LogP contribution < -0.4 is 11.5 Å². The molecule has 0 aliphatic rings. The van der Waals surface area contributed by atoms with Gasteiger partial charge < -0.3 is 11.5 Å². The highest BCUT2D eigenvalue weighted by atomic mass is 16.1. The molecule has 0 heterocycles. The summed E-state index contributed by atoms with van der Waals surface area (Å²) in [7, 11) is 0. The topological polar surface area (TPSA) is 69.1 Å². The summed E-state index contributed by atoms with van der Waals surface area (Å²) in [5.74, 6) is 0.322. The molecule has 2 aromatic carbocycles. The number of benzene rings is 2. The van der Waals surface area contributed by atoms with E-state index in [9.17, 15) is 4.79 Å². The molecule has 3 heteroatoms. The summed E-state index contributed by atoms with van der Waals surface area (Å²) in [4.78, 5) is 11.9. The van der Waals surface area contributed by atoms with Crippen molar-refractivity contribution in [3.63, 3.8) is 0 Å². The van der Waals surface area contributed by atoms with E-state index in [1.165, 1.54) is 5.56 Å². The Morgan fingerprint density at radius 2 is 1.19 bits per heavy atom. The highest BCUT2D eigenvalue weighted by Gasteiger charge is 2.03. The van der Waals surface area contributed by atoms with Crippen molar-refractivity contribution in [2.75, 3.05) is 11.5 Å². The fourth-order valence-corrected chi connectivity index (χ4v) is 2.27. The molecule has 0 aliphatic heterocycles. The van der Waals surface area contributed by atoms with E-state index in [1.54, 1.807) is 0 Å². The first-order valence-electron chi connectivity index (χ1n) is 7.34. The van der Waals surface area contributed by atoms with Gasteiger partial charge in [-0.3, -0.25) is 4.79 Å². The largest absolute Gasteiger partial charge is 0.399 e. The fraction of sp³-hybridized carbons (Fsp3) is 0.278. The quantitative estimate of drug-likeness (QED) is 0.765. The summed E-state index contributed by atoms with van der Waals surface area (Å²) < 4.78 is 0. The number of carbonyl (C=O) groups excluding carboxylic acids is 1. The molecule has 0 spiro atoms. The minimum absolute atomic E-state index is 0.322. The minimum Gasteiger partial charge on any atom is -0.399 e. The van der Waals surface area contributed by atoms with E-state index >= 15 is 0 Å². The Bertz CT molecular complexity index is 573. The van der Waals surface area contributed by atoms with Gasteiger partial charge in [-0.05, 0) is 54.7 Å². The van der Waals surface area contributed by atoms with E-state index in [0.29, 0.717) is 18.6 Å². The smallest absolute Gasteiger partial charge is 0.133 e. The van der Waals surface area contributed by atoms with Gasteiger partial charge in [-0.15, -0.1) is 0 Å². The van der Waals surface area contributed by atoms with Crippen LogP contribution >= 0.6 is 0 Å². The van der Waals surface area contributed by atoms with E-state index in [4.69, 9.17) is 11.5 Å². The molecule has 21 heavy (non-hydrogen) atoms. The molecular formula is C18H22N2O. The average molecular weight is 282 g/mol. The maximum Gasteiger partial charge on any atom is 0.133 e. The summed E-state index contributed by atoms with van der Waals surface area (Å²) >= 11 is 0. The Kier molecular flexibility index (Phi) is 5.38. The van der Waals surface area contributed by atoms with Crippen LogP contribution in [0, 0.1) is 0 Å². The van der Waals surface area contributed by atoms with Crippen molar-refractivity contribution in [3.05, 3.63) is 59.7 Å². The van der Waals surface area contributed by atoms with Crippen molar-refractivity contribution in [3.8, 4) is 0 Å². The van der Waals surface area contributed by atoms with Gasteiger partial charge in [0, 0.05) is 24.2 Å². The van der Waals surface area contributed by atoms with Gasteiger partial charge in [0.2, 0.25) is 0 Å². The number of nitrogens with two attached hydrogens (primary N) is 2. The number of hydrogen-bond donors (Lipinski definition) is 2. The van der Waals surface area contributed by atoms with Gasteiger partial charge in [-0.1, -0.05) is 24.3 Å². The second-order valence-electron chi connectivity index (χ2n) is 5.38. The van der Waals surface area contributed by atoms with Crippen LogP contribution in [0.3, 0.4) is 0 Å². The molecule has 2 rings (SSSR count). The molecule has 0 atom stereocenters. The first-order valence-corrected chi connectivity index (χ1v) is 7.34. The van der Waals surface area contributed by atoms with Crippen molar-refractivity contribution in [1.29, 1.82) is 0 Å². The van der Waals surface area contributed by atoms with Gasteiger partial charge >= 0.3 is 0 Å². The van der Waals surface area contributed by atoms with Gasteiger partial charge in [0.15, 0.2) is 0 Å². The fourth-order valence-electron chi connectivity index (χ4n) is 2.27. The number of carbonyl (C=O) groups is 1. The average Bonchev–Trinajstić information content (AvgIpc) is 2.49. The number of rotatable bonds is 7. The highest BCUT2D eigenvalue weighted by molar-refractivity contribution is 5.78. The summed E-state index contributed by atoms with van der Waals surface area (Å²) in [5.41, 5.74) is 15.2. The molecule has 0 saturated heterocycles. The van der Waals surface area contributed by atoms with E-state index in [-0.39, 0.29) is 0 Å². The number of nitrogen functional groups attached to an aromatic ring is 2. The van der Waals surface area contributed by atoms with E-state index in [2.05, 4.69) is 0 Å². The lowest BCUT2D eigenvalue weighted by molar-refractivity contribution is -0.119. The first-order chi connectivity index (χ1) is 10.1. The molecule has 110 valence electrons. The van der Waals surface area contributed by atoms with Crippen LogP contribution in [0.1, 0.15) is 30.4 Å². The normalized spacial score (nSPS) is 10.5. The lowest BCUT2D eigenvalue weighted by Gasteiger charge is -2.04. The zero-order valence-corrected chi connectivity index (χ0v) is 12.2. The summed E-state index contributed by atoms with van der Waals surface area (Å²) in [5, 5.41) is 0. The molecule has 4 N–H and O–H groups in total. The maximum absolute atomic E-state index is 11.9. The van der Waals surface area contributed by atoms with Gasteiger partial charge in [0.25, 0.3) is 0 Å². The zero-order valence-electron chi connectivity index (χ0n) is 12.2. The van der Waals surface area contributed by atoms with Crippen molar-refractivity contribution in [1.82, 2.24) is 0 Å².